The lowest BCUT2D eigenvalue weighted by atomic mass is 10.1. The van der Waals surface area contributed by atoms with Crippen molar-refractivity contribution in [1.29, 1.82) is 0 Å². The maximum absolute atomic E-state index is 12.0. The van der Waals surface area contributed by atoms with Gasteiger partial charge in [-0.05, 0) is 19.9 Å². The molecule has 0 amide bonds. The number of hydrogen-bond donors (Lipinski definition) is 2. The molecule has 0 aliphatic carbocycles. The summed E-state index contributed by atoms with van der Waals surface area (Å²) in [6, 6.07) is 4.05. The summed E-state index contributed by atoms with van der Waals surface area (Å²) in [6.07, 6.45) is 0. The highest BCUT2D eigenvalue weighted by atomic mass is 32.2. The van der Waals surface area contributed by atoms with Crippen LogP contribution in [0.4, 0.5) is 5.69 Å². The largest absolute Gasteiger partial charge is 0.595 e. The van der Waals surface area contributed by atoms with Crippen molar-refractivity contribution in [1.82, 2.24) is 4.90 Å². The Morgan fingerprint density at radius 2 is 2.00 bits per heavy atom. The highest BCUT2D eigenvalue weighted by Crippen LogP contribution is 2.29. The summed E-state index contributed by atoms with van der Waals surface area (Å²) in [6.45, 7) is 5.07. The molecule has 0 radical (unpaired) electrons. The van der Waals surface area contributed by atoms with E-state index in [0.29, 0.717) is 24.5 Å². The highest BCUT2D eigenvalue weighted by Gasteiger charge is 2.32. The Labute approximate surface area is 111 Å². The van der Waals surface area contributed by atoms with Gasteiger partial charge in [-0.1, -0.05) is 0 Å². The van der Waals surface area contributed by atoms with Crippen LogP contribution in [0.3, 0.4) is 0 Å². The van der Waals surface area contributed by atoms with E-state index < -0.39 is 15.2 Å². The lowest BCUT2D eigenvalue weighted by molar-refractivity contribution is -0.991. The number of amidine groups is 1. The molecule has 0 spiro atoms. The maximum Gasteiger partial charge on any atom is 0.285 e. The number of nitrogens with one attached hydrogen (secondary N) is 1. The first-order valence-electron chi connectivity index (χ1n) is 5.88. The van der Waals surface area contributed by atoms with Crippen molar-refractivity contribution < 1.29 is 18.9 Å². The summed E-state index contributed by atoms with van der Waals surface area (Å²) in [5.74, 6) is 0.386. The van der Waals surface area contributed by atoms with Crippen molar-refractivity contribution in [2.75, 3.05) is 13.1 Å². The van der Waals surface area contributed by atoms with Gasteiger partial charge in [0.05, 0.1) is 0 Å². The fourth-order valence-electron chi connectivity index (χ4n) is 2.02. The smallest absolute Gasteiger partial charge is 0.285 e. The molecule has 1 heterocycles. The van der Waals surface area contributed by atoms with Gasteiger partial charge >= 0.3 is 0 Å². The minimum Gasteiger partial charge on any atom is -0.595 e. The van der Waals surface area contributed by atoms with Crippen LogP contribution in [0.1, 0.15) is 19.4 Å². The summed E-state index contributed by atoms with van der Waals surface area (Å²) in [5, 5.41) is 18.6. The van der Waals surface area contributed by atoms with Gasteiger partial charge < -0.3 is 10.1 Å². The van der Waals surface area contributed by atoms with Gasteiger partial charge in [-0.15, -0.1) is 4.40 Å². The molecule has 2 N–H and O–H groups in total. The van der Waals surface area contributed by atoms with Gasteiger partial charge in [-0.3, -0.25) is 0 Å². The molecule has 1 aliphatic heterocycles. The molecule has 0 saturated carbocycles. The topological polar surface area (TPSA) is 97.5 Å². The Balaban J connectivity index is 2.58. The van der Waals surface area contributed by atoms with Crippen LogP contribution in [0, 0.1) is 5.21 Å². The monoisotopic (exact) mass is 285 g/mol. The molecule has 104 valence electrons. The normalized spacial score (nSPS) is 17.8. The molecular weight excluding hydrogens is 270 g/mol. The minimum absolute atomic E-state index is 0.0331. The zero-order valence-corrected chi connectivity index (χ0v) is 11.4. The van der Waals surface area contributed by atoms with Gasteiger partial charge in [0.15, 0.2) is 11.5 Å². The van der Waals surface area contributed by atoms with Crippen LogP contribution < -0.4 is 5.23 Å². The van der Waals surface area contributed by atoms with E-state index in [4.69, 9.17) is 5.21 Å². The number of rotatable bonds is 3. The predicted molar refractivity (Wildman–Crippen MR) is 68.9 cm³/mol. The van der Waals surface area contributed by atoms with Crippen molar-refractivity contribution in [3.8, 4) is 0 Å². The number of hydrogen-bond acceptors (Lipinski definition) is 5. The zero-order valence-electron chi connectivity index (χ0n) is 10.6. The van der Waals surface area contributed by atoms with Gasteiger partial charge in [0.25, 0.3) is 10.0 Å². The number of sulfonamides is 1. The Hall–Kier alpha value is -1.48. The van der Waals surface area contributed by atoms with Crippen LogP contribution in [0.5, 0.6) is 0 Å². The van der Waals surface area contributed by atoms with Crippen LogP contribution in [0.25, 0.3) is 0 Å². The summed E-state index contributed by atoms with van der Waals surface area (Å²) < 4.78 is 27.7. The lowest BCUT2D eigenvalue weighted by Crippen LogP contribution is -2.99. The van der Waals surface area contributed by atoms with Crippen molar-refractivity contribution in [3.05, 3.63) is 29.0 Å². The first-order chi connectivity index (χ1) is 8.90. The second-order valence-electron chi connectivity index (χ2n) is 4.08. The molecule has 0 aromatic heterocycles. The lowest BCUT2D eigenvalue weighted by Gasteiger charge is -2.20. The average molecular weight is 285 g/mol. The SMILES string of the molecule is CCN(CC)C1=NS(=O)(=O)c2cc([NH+]([O-])O)ccc21. The van der Waals surface area contributed by atoms with Crippen molar-refractivity contribution in [3.63, 3.8) is 0 Å². The van der Waals surface area contributed by atoms with Gasteiger partial charge in [-0.2, -0.15) is 13.6 Å². The molecule has 1 aromatic rings. The number of benzene rings is 1. The van der Waals surface area contributed by atoms with E-state index >= 15 is 0 Å². The Morgan fingerprint density at radius 3 is 2.53 bits per heavy atom. The maximum atomic E-state index is 12.0. The quantitative estimate of drug-likeness (QED) is 0.755. The molecule has 1 unspecified atom stereocenters. The summed E-state index contributed by atoms with van der Waals surface area (Å²) in [5.41, 5.74) is 0.409. The van der Waals surface area contributed by atoms with Gasteiger partial charge in [0, 0.05) is 30.8 Å². The Bertz CT molecular complexity index is 621. The van der Waals surface area contributed by atoms with Gasteiger partial charge in [0.1, 0.15) is 4.90 Å². The molecule has 0 bridgehead atoms. The van der Waals surface area contributed by atoms with Crippen LogP contribution in [0.15, 0.2) is 27.5 Å². The van der Waals surface area contributed by atoms with E-state index in [1.807, 2.05) is 18.7 Å². The van der Waals surface area contributed by atoms with E-state index in [0.717, 1.165) is 6.07 Å². The number of fused-ring (bicyclic) bond motifs is 1. The van der Waals surface area contributed by atoms with Crippen LogP contribution in [-0.4, -0.2) is 37.5 Å². The number of quaternary nitrogens is 1. The van der Waals surface area contributed by atoms with E-state index in [9.17, 15) is 13.6 Å². The summed E-state index contributed by atoms with van der Waals surface area (Å²) in [7, 11) is -3.79. The minimum atomic E-state index is -3.79. The van der Waals surface area contributed by atoms with Gasteiger partial charge in [0.2, 0.25) is 0 Å². The Morgan fingerprint density at radius 1 is 1.37 bits per heavy atom. The highest BCUT2D eigenvalue weighted by molar-refractivity contribution is 7.90. The fourth-order valence-corrected chi connectivity index (χ4v) is 3.27. The van der Waals surface area contributed by atoms with Crippen molar-refractivity contribution in [2.24, 2.45) is 4.40 Å². The predicted octanol–water partition coefficient (Wildman–Crippen LogP) is -0.119. The standard InChI is InChI=1S/C11H15N3O4S/c1-3-13(4-2)11-9-6-5-8(14(15)16)7-10(9)19(17,18)12-11/h5-7,14-15H,3-4H2,1-2H3. The molecule has 0 saturated heterocycles. The molecule has 1 aromatic carbocycles. The Kier molecular flexibility index (Phi) is 3.59. The van der Waals surface area contributed by atoms with E-state index in [1.54, 1.807) is 0 Å². The zero-order chi connectivity index (χ0) is 14.2. The molecule has 19 heavy (non-hydrogen) atoms. The molecular formula is C11H15N3O4S. The summed E-state index contributed by atoms with van der Waals surface area (Å²) >= 11 is 0. The molecule has 8 heteroatoms. The van der Waals surface area contributed by atoms with E-state index in [2.05, 4.69) is 4.40 Å². The first-order valence-corrected chi connectivity index (χ1v) is 7.32. The van der Waals surface area contributed by atoms with Gasteiger partial charge in [-0.25, -0.2) is 5.21 Å². The molecule has 2 rings (SSSR count). The van der Waals surface area contributed by atoms with Crippen LogP contribution in [-0.2, 0) is 10.0 Å². The fraction of sp³-hybridized carbons (Fsp3) is 0.364. The molecule has 0 fully saturated rings. The third-order valence-corrected chi connectivity index (χ3v) is 4.32. The van der Waals surface area contributed by atoms with Crippen LogP contribution in [0.2, 0.25) is 0 Å². The first kappa shape index (κ1) is 13.9. The average Bonchev–Trinajstić information content (AvgIpc) is 2.63. The second kappa shape index (κ2) is 4.89. The summed E-state index contributed by atoms with van der Waals surface area (Å²) in [4.78, 5) is 1.79. The van der Waals surface area contributed by atoms with Crippen molar-refractivity contribution >= 4 is 21.5 Å². The van der Waals surface area contributed by atoms with E-state index in [-0.39, 0.29) is 10.6 Å². The number of nitrogens with zero attached hydrogens (tertiary/aromatic N) is 2. The second-order valence-corrected chi connectivity index (χ2v) is 5.65. The molecule has 7 nitrogen and oxygen atoms in total. The molecule has 1 atom stereocenters. The third-order valence-electron chi connectivity index (χ3n) is 3.02. The van der Waals surface area contributed by atoms with E-state index in [1.165, 1.54) is 12.1 Å². The van der Waals surface area contributed by atoms with Crippen molar-refractivity contribution in [2.45, 2.75) is 18.7 Å². The van der Waals surface area contributed by atoms with Crippen LogP contribution >= 0.6 is 0 Å². The molecule has 1 aliphatic rings. The third kappa shape index (κ3) is 2.35.